The maximum absolute atomic E-state index is 12.4. The molecule has 1 saturated heterocycles. The van der Waals surface area contributed by atoms with Crippen molar-refractivity contribution < 1.29 is 9.13 Å². The van der Waals surface area contributed by atoms with Crippen LogP contribution in [0.4, 0.5) is 10.1 Å². The number of hydrogen-bond acceptors (Lipinski definition) is 5. The van der Waals surface area contributed by atoms with E-state index in [1.165, 1.54) is 13.1 Å². The average Bonchev–Trinajstić information content (AvgIpc) is 2.75. The maximum Gasteiger partial charge on any atom is 0.330 e. The summed E-state index contributed by atoms with van der Waals surface area (Å²) < 4.78 is 20.7. The first kappa shape index (κ1) is 21.1. The summed E-state index contributed by atoms with van der Waals surface area (Å²) in [4.78, 5) is 28.2. The molecule has 1 aliphatic rings. The van der Waals surface area contributed by atoms with Gasteiger partial charge in [0, 0.05) is 52.0 Å². The van der Waals surface area contributed by atoms with Crippen LogP contribution < -0.4 is 20.9 Å². The van der Waals surface area contributed by atoms with Crippen molar-refractivity contribution >= 4 is 5.69 Å². The first-order valence-corrected chi connectivity index (χ1v) is 10.1. The molecule has 0 saturated carbocycles. The van der Waals surface area contributed by atoms with Crippen molar-refractivity contribution in [1.82, 2.24) is 14.0 Å². The molecule has 7 nitrogen and oxygen atoms in total. The van der Waals surface area contributed by atoms with Crippen molar-refractivity contribution in [3.63, 3.8) is 0 Å². The summed E-state index contributed by atoms with van der Waals surface area (Å²) in [6.07, 6.45) is 3.45. The third-order valence-corrected chi connectivity index (χ3v) is 5.30. The normalized spacial score (nSPS) is 14.9. The van der Waals surface area contributed by atoms with Crippen LogP contribution in [-0.2, 0) is 13.6 Å². The van der Waals surface area contributed by atoms with E-state index in [-0.39, 0.29) is 17.9 Å². The van der Waals surface area contributed by atoms with Crippen LogP contribution in [0.3, 0.4) is 0 Å². The van der Waals surface area contributed by atoms with Gasteiger partial charge in [-0.25, -0.2) is 9.18 Å². The second-order valence-corrected chi connectivity index (χ2v) is 7.23. The van der Waals surface area contributed by atoms with Crippen molar-refractivity contribution in [3.05, 3.63) is 57.4 Å². The topological polar surface area (TPSA) is 59.7 Å². The lowest BCUT2D eigenvalue weighted by atomic mass is 10.2. The number of alkyl halides is 1. The molecule has 0 amide bonds. The first-order valence-electron chi connectivity index (χ1n) is 10.1. The number of halogens is 1. The van der Waals surface area contributed by atoms with Crippen molar-refractivity contribution in [2.24, 2.45) is 7.05 Å². The van der Waals surface area contributed by atoms with Gasteiger partial charge >= 0.3 is 5.69 Å². The van der Waals surface area contributed by atoms with Gasteiger partial charge in [0.15, 0.2) is 0 Å². The Morgan fingerprint density at radius 1 is 1.00 bits per heavy atom. The Labute approximate surface area is 169 Å². The summed E-state index contributed by atoms with van der Waals surface area (Å²) in [6.45, 7) is 4.89. The molecule has 0 spiro atoms. The zero-order valence-electron chi connectivity index (χ0n) is 16.9. The van der Waals surface area contributed by atoms with Gasteiger partial charge in [-0.1, -0.05) is 12.1 Å². The van der Waals surface area contributed by atoms with Crippen molar-refractivity contribution in [2.45, 2.75) is 19.4 Å². The Morgan fingerprint density at radius 3 is 2.48 bits per heavy atom. The molecule has 2 aromatic rings. The minimum Gasteiger partial charge on any atom is -0.489 e. The number of aryl methyl sites for hydroxylation is 1. The van der Waals surface area contributed by atoms with E-state index < -0.39 is 6.67 Å². The molecule has 1 aliphatic heterocycles. The monoisotopic (exact) mass is 404 g/mol. The minimum atomic E-state index is -0.493. The molecule has 0 atom stereocenters. The molecule has 3 rings (SSSR count). The fourth-order valence-corrected chi connectivity index (χ4v) is 3.61. The van der Waals surface area contributed by atoms with Crippen LogP contribution in [0.25, 0.3) is 0 Å². The van der Waals surface area contributed by atoms with E-state index in [2.05, 4.69) is 9.80 Å². The van der Waals surface area contributed by atoms with Crippen LogP contribution in [0, 0.1) is 0 Å². The van der Waals surface area contributed by atoms with Gasteiger partial charge in [-0.05, 0) is 31.5 Å². The summed E-state index contributed by atoms with van der Waals surface area (Å²) in [5.74, 6) is 0.737. The summed E-state index contributed by atoms with van der Waals surface area (Å²) in [5, 5.41) is 0. The van der Waals surface area contributed by atoms with Crippen LogP contribution in [0.15, 0.2) is 46.1 Å². The lowest BCUT2D eigenvalue weighted by Gasteiger charge is -2.36. The van der Waals surface area contributed by atoms with E-state index in [4.69, 9.17) is 4.74 Å². The number of para-hydroxylation sites is 2. The standard InChI is InChI=1S/C21H29FN4O3/c1-23-20(27)8-12-26(21(23)28)11-5-4-10-24-13-15-25(16-14-24)18-6-2-3-7-19(18)29-17-9-22/h2-3,6-8,12H,4-5,9-11,13-17H2,1H3. The van der Waals surface area contributed by atoms with E-state index in [1.807, 2.05) is 24.3 Å². The van der Waals surface area contributed by atoms with Crippen molar-refractivity contribution in [3.8, 4) is 5.75 Å². The number of nitrogens with zero attached hydrogens (tertiary/aromatic N) is 4. The fourth-order valence-electron chi connectivity index (χ4n) is 3.61. The maximum atomic E-state index is 12.4. The highest BCUT2D eigenvalue weighted by Crippen LogP contribution is 2.28. The second kappa shape index (κ2) is 10.2. The Kier molecular flexibility index (Phi) is 7.46. The van der Waals surface area contributed by atoms with Crippen LogP contribution >= 0.6 is 0 Å². The number of unbranched alkanes of at least 4 members (excludes halogenated alkanes) is 1. The molecule has 0 radical (unpaired) electrons. The Morgan fingerprint density at radius 2 is 1.72 bits per heavy atom. The largest absolute Gasteiger partial charge is 0.489 e. The van der Waals surface area contributed by atoms with Gasteiger partial charge in [-0.15, -0.1) is 0 Å². The summed E-state index contributed by atoms with van der Waals surface area (Å²) >= 11 is 0. The van der Waals surface area contributed by atoms with Gasteiger partial charge < -0.3 is 14.2 Å². The molecule has 2 heterocycles. The van der Waals surface area contributed by atoms with Crippen molar-refractivity contribution in [1.29, 1.82) is 0 Å². The molecule has 0 unspecified atom stereocenters. The number of hydrogen-bond donors (Lipinski definition) is 0. The zero-order valence-corrected chi connectivity index (χ0v) is 16.9. The quantitative estimate of drug-likeness (QED) is 0.593. The van der Waals surface area contributed by atoms with E-state index in [9.17, 15) is 14.0 Å². The van der Waals surface area contributed by atoms with Gasteiger partial charge in [0.25, 0.3) is 5.56 Å². The molecule has 158 valence electrons. The summed E-state index contributed by atoms with van der Waals surface area (Å²) in [6, 6.07) is 9.22. The number of anilines is 1. The molecule has 1 aromatic heterocycles. The fraction of sp³-hybridized carbons (Fsp3) is 0.524. The lowest BCUT2D eigenvalue weighted by Crippen LogP contribution is -2.46. The number of rotatable bonds is 9. The van der Waals surface area contributed by atoms with E-state index in [0.717, 1.165) is 61.6 Å². The van der Waals surface area contributed by atoms with E-state index in [1.54, 1.807) is 10.8 Å². The third-order valence-electron chi connectivity index (χ3n) is 5.30. The summed E-state index contributed by atoms with van der Waals surface area (Å²) in [5.41, 5.74) is 0.482. The highest BCUT2D eigenvalue weighted by molar-refractivity contribution is 5.58. The van der Waals surface area contributed by atoms with Crippen molar-refractivity contribution in [2.75, 3.05) is 50.9 Å². The highest BCUT2D eigenvalue weighted by Gasteiger charge is 2.19. The van der Waals surface area contributed by atoms with Crippen LogP contribution in [0.1, 0.15) is 12.8 Å². The predicted molar refractivity (Wildman–Crippen MR) is 112 cm³/mol. The molecular weight excluding hydrogens is 375 g/mol. The van der Waals surface area contributed by atoms with E-state index in [0.29, 0.717) is 6.54 Å². The van der Waals surface area contributed by atoms with Crippen LogP contribution in [0.2, 0.25) is 0 Å². The second-order valence-electron chi connectivity index (χ2n) is 7.23. The number of aromatic nitrogens is 2. The first-order chi connectivity index (χ1) is 14.1. The minimum absolute atomic E-state index is 0.0790. The van der Waals surface area contributed by atoms with Crippen LogP contribution in [0.5, 0.6) is 5.75 Å². The Bertz CT molecular complexity index is 903. The van der Waals surface area contributed by atoms with Gasteiger partial charge in [0.2, 0.25) is 0 Å². The van der Waals surface area contributed by atoms with Crippen LogP contribution in [-0.4, -0.2) is 60.0 Å². The zero-order chi connectivity index (χ0) is 20.6. The third kappa shape index (κ3) is 5.47. The predicted octanol–water partition coefficient (Wildman–Crippen LogP) is 1.50. The van der Waals surface area contributed by atoms with Gasteiger partial charge in [-0.3, -0.25) is 14.3 Å². The Balaban J connectivity index is 1.43. The van der Waals surface area contributed by atoms with Gasteiger partial charge in [0.05, 0.1) is 5.69 Å². The molecule has 0 N–H and O–H groups in total. The molecule has 0 aliphatic carbocycles. The van der Waals surface area contributed by atoms with E-state index >= 15 is 0 Å². The molecule has 1 fully saturated rings. The SMILES string of the molecule is Cn1c(=O)ccn(CCCCN2CCN(c3ccccc3OCCF)CC2)c1=O. The molecule has 0 bridgehead atoms. The van der Waals surface area contributed by atoms with Gasteiger partial charge in [-0.2, -0.15) is 0 Å². The molecule has 8 heteroatoms. The number of benzene rings is 1. The average molecular weight is 404 g/mol. The highest BCUT2D eigenvalue weighted by atomic mass is 19.1. The smallest absolute Gasteiger partial charge is 0.330 e. The lowest BCUT2D eigenvalue weighted by molar-refractivity contribution is 0.247. The number of ether oxygens (including phenoxy) is 1. The Hall–Kier alpha value is -2.61. The summed E-state index contributed by atoms with van der Waals surface area (Å²) in [7, 11) is 1.50. The molecule has 29 heavy (non-hydrogen) atoms. The molecular formula is C21H29FN4O3. The number of piperazine rings is 1. The van der Waals surface area contributed by atoms with Gasteiger partial charge in [0.1, 0.15) is 19.0 Å². The molecule has 1 aromatic carbocycles.